The zero-order chi connectivity index (χ0) is 17.4. The van der Waals surface area contributed by atoms with Crippen molar-refractivity contribution < 1.29 is 4.79 Å². The highest BCUT2D eigenvalue weighted by molar-refractivity contribution is 7.21. The Morgan fingerprint density at radius 1 is 1.24 bits per heavy atom. The molecule has 1 saturated heterocycles. The van der Waals surface area contributed by atoms with Gasteiger partial charge in [0, 0.05) is 47.8 Å². The van der Waals surface area contributed by atoms with Gasteiger partial charge in [0.25, 0.3) is 5.91 Å². The second-order valence-corrected chi connectivity index (χ2v) is 8.47. The number of rotatable bonds is 3. The Morgan fingerprint density at radius 2 is 2.00 bits per heavy atom. The molecule has 0 radical (unpaired) electrons. The third-order valence-electron chi connectivity index (χ3n) is 4.69. The SMILES string of the molecule is CC(c1nccs1)N1CCN(C(=O)c2sc3ccccc3c2Cl)CC1. The molecule has 7 heteroatoms. The maximum atomic E-state index is 12.9. The molecule has 0 aliphatic carbocycles. The molecule has 0 N–H and O–H groups in total. The molecule has 1 amide bonds. The second kappa shape index (κ2) is 7.03. The Kier molecular flexibility index (Phi) is 4.78. The van der Waals surface area contributed by atoms with E-state index < -0.39 is 0 Å². The van der Waals surface area contributed by atoms with Crippen LogP contribution in [0.5, 0.6) is 0 Å². The number of hydrogen-bond acceptors (Lipinski definition) is 5. The Balaban J connectivity index is 1.46. The van der Waals surface area contributed by atoms with Gasteiger partial charge in [-0.15, -0.1) is 22.7 Å². The van der Waals surface area contributed by atoms with Crippen LogP contribution in [0.15, 0.2) is 35.8 Å². The van der Waals surface area contributed by atoms with Gasteiger partial charge >= 0.3 is 0 Å². The van der Waals surface area contributed by atoms with Crippen molar-refractivity contribution in [1.82, 2.24) is 14.8 Å². The molecular weight excluding hydrogens is 374 g/mol. The quantitative estimate of drug-likeness (QED) is 0.658. The van der Waals surface area contributed by atoms with Crippen molar-refractivity contribution in [2.24, 2.45) is 0 Å². The van der Waals surface area contributed by atoms with E-state index >= 15 is 0 Å². The lowest BCUT2D eigenvalue weighted by atomic mass is 10.2. The molecule has 3 heterocycles. The topological polar surface area (TPSA) is 36.4 Å². The first-order chi connectivity index (χ1) is 12.1. The zero-order valence-electron chi connectivity index (χ0n) is 13.8. The number of piperazine rings is 1. The van der Waals surface area contributed by atoms with Crippen molar-refractivity contribution in [2.45, 2.75) is 13.0 Å². The highest BCUT2D eigenvalue weighted by atomic mass is 35.5. The van der Waals surface area contributed by atoms with Crippen LogP contribution in [0.3, 0.4) is 0 Å². The number of thiazole rings is 1. The third-order valence-corrected chi connectivity index (χ3v) is 7.30. The van der Waals surface area contributed by atoms with Crippen LogP contribution in [-0.4, -0.2) is 46.9 Å². The molecule has 0 saturated carbocycles. The van der Waals surface area contributed by atoms with Crippen LogP contribution in [0.2, 0.25) is 5.02 Å². The highest BCUT2D eigenvalue weighted by Gasteiger charge is 2.28. The first-order valence-corrected chi connectivity index (χ1v) is 10.3. The number of hydrogen-bond donors (Lipinski definition) is 0. The Bertz CT molecular complexity index is 885. The number of halogens is 1. The fourth-order valence-electron chi connectivity index (χ4n) is 3.20. The minimum Gasteiger partial charge on any atom is -0.335 e. The molecule has 0 spiro atoms. The maximum Gasteiger partial charge on any atom is 0.265 e. The van der Waals surface area contributed by atoms with Crippen molar-refractivity contribution in [3.05, 3.63) is 50.7 Å². The summed E-state index contributed by atoms with van der Waals surface area (Å²) in [6.07, 6.45) is 1.85. The summed E-state index contributed by atoms with van der Waals surface area (Å²) in [6, 6.07) is 8.20. The number of thiophene rings is 1. The normalized spacial score (nSPS) is 17.1. The predicted molar refractivity (Wildman–Crippen MR) is 105 cm³/mol. The summed E-state index contributed by atoms with van der Waals surface area (Å²) >= 11 is 9.63. The van der Waals surface area contributed by atoms with Crippen LogP contribution in [0, 0.1) is 0 Å². The Morgan fingerprint density at radius 3 is 2.68 bits per heavy atom. The molecular formula is C18H18ClN3OS2. The smallest absolute Gasteiger partial charge is 0.265 e. The highest BCUT2D eigenvalue weighted by Crippen LogP contribution is 2.36. The van der Waals surface area contributed by atoms with Crippen LogP contribution in [0.25, 0.3) is 10.1 Å². The minimum absolute atomic E-state index is 0.0488. The van der Waals surface area contributed by atoms with Gasteiger partial charge in [-0.2, -0.15) is 0 Å². The number of aromatic nitrogens is 1. The summed E-state index contributed by atoms with van der Waals surface area (Å²) in [5.74, 6) is 0.0488. The van der Waals surface area contributed by atoms with Crippen LogP contribution in [-0.2, 0) is 0 Å². The van der Waals surface area contributed by atoms with Gasteiger partial charge in [0.1, 0.15) is 9.88 Å². The molecule has 4 nitrogen and oxygen atoms in total. The van der Waals surface area contributed by atoms with Gasteiger partial charge in [0.2, 0.25) is 0 Å². The summed E-state index contributed by atoms with van der Waals surface area (Å²) < 4.78 is 1.06. The van der Waals surface area contributed by atoms with Crippen molar-refractivity contribution in [3.8, 4) is 0 Å². The second-order valence-electron chi connectivity index (χ2n) is 6.12. The standard InChI is InChI=1S/C18H18ClN3OS2/c1-12(17-20-6-11-24-17)21-7-9-22(10-8-21)18(23)16-15(19)13-4-2-3-5-14(13)25-16/h2-6,11-12H,7-10H2,1H3. The molecule has 25 heavy (non-hydrogen) atoms. The summed E-state index contributed by atoms with van der Waals surface area (Å²) in [6.45, 7) is 5.33. The molecule has 3 aromatic rings. The number of carbonyl (C=O) groups is 1. The van der Waals surface area contributed by atoms with Crippen LogP contribution in [0.4, 0.5) is 0 Å². The lowest BCUT2D eigenvalue weighted by molar-refractivity contribution is 0.0586. The molecule has 1 aliphatic rings. The van der Waals surface area contributed by atoms with Gasteiger partial charge in [-0.25, -0.2) is 4.98 Å². The molecule has 1 fully saturated rings. The van der Waals surface area contributed by atoms with Crippen molar-refractivity contribution in [3.63, 3.8) is 0 Å². The lowest BCUT2D eigenvalue weighted by Crippen LogP contribution is -2.49. The van der Waals surface area contributed by atoms with Crippen LogP contribution in [0.1, 0.15) is 27.6 Å². The predicted octanol–water partition coefficient (Wildman–Crippen LogP) is 4.53. The first-order valence-electron chi connectivity index (χ1n) is 8.25. The third kappa shape index (κ3) is 3.19. The summed E-state index contributed by atoms with van der Waals surface area (Å²) in [7, 11) is 0. The van der Waals surface area contributed by atoms with E-state index in [0.29, 0.717) is 15.9 Å². The van der Waals surface area contributed by atoms with Crippen LogP contribution < -0.4 is 0 Å². The molecule has 0 bridgehead atoms. The average Bonchev–Trinajstić information content (AvgIpc) is 3.30. The fourth-order valence-corrected chi connectivity index (χ4v) is 5.41. The largest absolute Gasteiger partial charge is 0.335 e. The Hall–Kier alpha value is -1.47. The van der Waals surface area contributed by atoms with E-state index in [1.165, 1.54) is 11.3 Å². The maximum absolute atomic E-state index is 12.9. The lowest BCUT2D eigenvalue weighted by Gasteiger charge is -2.37. The van der Waals surface area contributed by atoms with Gasteiger partial charge in [-0.3, -0.25) is 9.69 Å². The zero-order valence-corrected chi connectivity index (χ0v) is 16.2. The fraction of sp³-hybridized carbons (Fsp3) is 0.333. The summed E-state index contributed by atoms with van der Waals surface area (Å²) in [4.78, 5) is 22.3. The number of fused-ring (bicyclic) bond motifs is 1. The molecule has 130 valence electrons. The molecule has 1 atom stereocenters. The monoisotopic (exact) mass is 391 g/mol. The average molecular weight is 392 g/mol. The van der Waals surface area contributed by atoms with E-state index in [2.05, 4.69) is 16.8 Å². The van der Waals surface area contributed by atoms with E-state index in [1.54, 1.807) is 11.3 Å². The van der Waals surface area contributed by atoms with Gasteiger partial charge < -0.3 is 4.90 Å². The summed E-state index contributed by atoms with van der Waals surface area (Å²) in [5, 5.41) is 4.69. The minimum atomic E-state index is 0.0488. The van der Waals surface area contributed by atoms with Crippen molar-refractivity contribution in [2.75, 3.05) is 26.2 Å². The molecule has 1 unspecified atom stereocenters. The number of carbonyl (C=O) groups excluding carboxylic acids is 1. The van der Waals surface area contributed by atoms with E-state index in [0.717, 1.165) is 41.3 Å². The molecule has 1 aromatic carbocycles. The van der Waals surface area contributed by atoms with E-state index in [4.69, 9.17) is 11.6 Å². The Labute approximate surface area is 159 Å². The van der Waals surface area contributed by atoms with Crippen molar-refractivity contribution >= 4 is 50.3 Å². The van der Waals surface area contributed by atoms with Gasteiger partial charge in [-0.05, 0) is 13.0 Å². The number of benzene rings is 1. The van der Waals surface area contributed by atoms with E-state index in [-0.39, 0.29) is 5.91 Å². The van der Waals surface area contributed by atoms with Crippen molar-refractivity contribution in [1.29, 1.82) is 0 Å². The van der Waals surface area contributed by atoms with E-state index in [9.17, 15) is 4.79 Å². The molecule has 4 rings (SSSR count). The van der Waals surface area contributed by atoms with E-state index in [1.807, 2.05) is 40.7 Å². The first kappa shape index (κ1) is 17.0. The van der Waals surface area contributed by atoms with Gasteiger partial charge in [0.05, 0.1) is 11.1 Å². The summed E-state index contributed by atoms with van der Waals surface area (Å²) in [5.41, 5.74) is 0. The van der Waals surface area contributed by atoms with Gasteiger partial charge in [0.15, 0.2) is 0 Å². The number of nitrogens with zero attached hydrogens (tertiary/aromatic N) is 3. The molecule has 1 aliphatic heterocycles. The van der Waals surface area contributed by atoms with Crippen LogP contribution >= 0.6 is 34.3 Å². The molecule has 2 aromatic heterocycles. The number of amides is 1. The van der Waals surface area contributed by atoms with Gasteiger partial charge in [-0.1, -0.05) is 29.8 Å².